The van der Waals surface area contributed by atoms with E-state index in [0.717, 1.165) is 17.7 Å². The van der Waals surface area contributed by atoms with Crippen LogP contribution in [0.1, 0.15) is 32.3 Å². The lowest BCUT2D eigenvalue weighted by atomic mass is 9.97. The van der Waals surface area contributed by atoms with E-state index in [1.165, 1.54) is 0 Å². The number of hydrogen-bond donors (Lipinski definition) is 6. The number of carboxylic acids is 1. The van der Waals surface area contributed by atoms with Crippen molar-refractivity contribution in [2.45, 2.75) is 57.3 Å². The van der Waals surface area contributed by atoms with E-state index in [2.05, 4.69) is 35.5 Å². The van der Waals surface area contributed by atoms with E-state index in [1.54, 1.807) is 11.8 Å². The van der Waals surface area contributed by atoms with Gasteiger partial charge in [-0.05, 0) is 36.3 Å². The number of hydrogen-bond acceptors (Lipinski definition) is 7. The molecular formula is C23H40N4O3S2. The van der Waals surface area contributed by atoms with Crippen molar-refractivity contribution in [2.75, 3.05) is 30.9 Å². The highest BCUT2D eigenvalue weighted by Gasteiger charge is 2.27. The molecule has 0 spiro atoms. The second-order valence-electron chi connectivity index (χ2n) is 8.19. The first-order valence-electron chi connectivity index (χ1n) is 11.2. The maximum Gasteiger partial charge on any atom is 0.320 e. The lowest BCUT2D eigenvalue weighted by Crippen LogP contribution is -2.56. The summed E-state index contributed by atoms with van der Waals surface area (Å²) < 4.78 is 0. The Balaban J connectivity index is 2.91. The van der Waals surface area contributed by atoms with Crippen LogP contribution in [0, 0.1) is 5.92 Å². The third-order valence-electron chi connectivity index (χ3n) is 5.52. The number of nitrogens with two attached hydrogens (primary N) is 1. The van der Waals surface area contributed by atoms with Crippen LogP contribution in [-0.2, 0) is 16.0 Å². The fourth-order valence-corrected chi connectivity index (χ4v) is 3.93. The molecule has 1 amide bonds. The smallest absolute Gasteiger partial charge is 0.320 e. The number of carbonyl (C=O) groups is 2. The number of carbonyl (C=O) groups excluding carboxylic acids is 1. The van der Waals surface area contributed by atoms with Crippen LogP contribution >= 0.6 is 24.4 Å². The van der Waals surface area contributed by atoms with Crippen molar-refractivity contribution in [1.82, 2.24) is 16.0 Å². The highest BCUT2D eigenvalue weighted by Crippen LogP contribution is 2.10. The number of benzene rings is 1. The van der Waals surface area contributed by atoms with Crippen LogP contribution in [0.4, 0.5) is 0 Å². The molecule has 1 aromatic rings. The molecule has 1 aromatic carbocycles. The van der Waals surface area contributed by atoms with Gasteiger partial charge in [0, 0.05) is 30.9 Å². The van der Waals surface area contributed by atoms with Gasteiger partial charge in [0.1, 0.15) is 6.04 Å². The van der Waals surface area contributed by atoms with Gasteiger partial charge in [-0.25, -0.2) is 0 Å². The molecule has 0 aliphatic carbocycles. The van der Waals surface area contributed by atoms with Gasteiger partial charge in [0.15, 0.2) is 0 Å². The topological polar surface area (TPSA) is 116 Å². The van der Waals surface area contributed by atoms with E-state index < -0.39 is 12.0 Å². The first-order valence-corrected chi connectivity index (χ1v) is 13.2. The Bertz CT molecular complexity index is 666. The maximum atomic E-state index is 13.2. The molecule has 0 saturated heterocycles. The number of aliphatic carboxylic acids is 1. The third-order valence-corrected chi connectivity index (χ3v) is 6.63. The Hall–Kier alpha value is -1.26. The van der Waals surface area contributed by atoms with Crippen molar-refractivity contribution in [3.63, 3.8) is 0 Å². The molecule has 0 saturated carbocycles. The minimum absolute atomic E-state index is 0.0931. The zero-order valence-corrected chi connectivity index (χ0v) is 21.1. The molecule has 0 aliphatic heterocycles. The highest BCUT2D eigenvalue weighted by atomic mass is 32.2. The average Bonchev–Trinajstić information content (AvgIpc) is 2.78. The van der Waals surface area contributed by atoms with Gasteiger partial charge >= 0.3 is 5.97 Å². The predicted molar refractivity (Wildman–Crippen MR) is 138 cm³/mol. The first-order chi connectivity index (χ1) is 15.3. The lowest BCUT2D eigenvalue weighted by molar-refractivity contribution is -0.139. The minimum Gasteiger partial charge on any atom is -0.480 e. The standard InChI is InChI=1S/C23H40N4O3S2/c1-4-16(2)21(26-13-18(24)15-31)22(28)27-19(12-17-8-6-5-7-9-17)14-25-20(23(29)30)10-11-32-3/h5-9,16,18-21,25-26,31H,4,10-15,24H2,1-3H3,(H,27,28)(H,29,30)/t16?,18?,19-,20-,21-/m0/s1. The summed E-state index contributed by atoms with van der Waals surface area (Å²) in [7, 11) is 0. The summed E-state index contributed by atoms with van der Waals surface area (Å²) in [5.74, 6) is 0.453. The molecule has 1 rings (SSSR count). The van der Waals surface area contributed by atoms with E-state index in [0.29, 0.717) is 31.7 Å². The van der Waals surface area contributed by atoms with Crippen molar-refractivity contribution >= 4 is 36.3 Å². The highest BCUT2D eigenvalue weighted by molar-refractivity contribution is 7.98. The molecule has 182 valence electrons. The van der Waals surface area contributed by atoms with Crippen LogP contribution in [0.15, 0.2) is 30.3 Å². The number of nitrogens with one attached hydrogen (secondary N) is 3. The summed E-state index contributed by atoms with van der Waals surface area (Å²) in [6.07, 6.45) is 3.94. The molecule has 32 heavy (non-hydrogen) atoms. The van der Waals surface area contributed by atoms with Crippen LogP contribution in [0.3, 0.4) is 0 Å². The van der Waals surface area contributed by atoms with Crippen molar-refractivity contribution in [2.24, 2.45) is 11.7 Å². The Kier molecular flexibility index (Phi) is 14.7. The first kappa shape index (κ1) is 28.8. The molecular weight excluding hydrogens is 444 g/mol. The van der Waals surface area contributed by atoms with E-state index in [1.807, 2.05) is 43.5 Å². The second-order valence-corrected chi connectivity index (χ2v) is 9.54. The minimum atomic E-state index is -0.872. The molecule has 6 N–H and O–H groups in total. The van der Waals surface area contributed by atoms with Crippen LogP contribution in [-0.4, -0.2) is 72.0 Å². The van der Waals surface area contributed by atoms with Crippen molar-refractivity contribution in [3.8, 4) is 0 Å². The van der Waals surface area contributed by atoms with Crippen molar-refractivity contribution in [3.05, 3.63) is 35.9 Å². The molecule has 0 aliphatic rings. The quantitative estimate of drug-likeness (QED) is 0.187. The molecule has 0 heterocycles. The fourth-order valence-electron chi connectivity index (χ4n) is 3.33. The van der Waals surface area contributed by atoms with E-state index in [9.17, 15) is 14.7 Å². The number of thiol groups is 1. The number of amides is 1. The summed E-state index contributed by atoms with van der Waals surface area (Å²) in [6.45, 7) is 4.97. The number of carboxylic acid groups (broad SMARTS) is 1. The largest absolute Gasteiger partial charge is 0.480 e. The molecule has 5 atom stereocenters. The molecule has 0 aromatic heterocycles. The van der Waals surface area contributed by atoms with Gasteiger partial charge in [-0.3, -0.25) is 9.59 Å². The van der Waals surface area contributed by atoms with Crippen LogP contribution in [0.2, 0.25) is 0 Å². The summed E-state index contributed by atoms with van der Waals surface area (Å²) in [5, 5.41) is 19.1. The predicted octanol–water partition coefficient (Wildman–Crippen LogP) is 1.77. The zero-order chi connectivity index (χ0) is 23.9. The van der Waals surface area contributed by atoms with Crippen molar-refractivity contribution in [1.29, 1.82) is 0 Å². The number of thioether (sulfide) groups is 1. The SMILES string of the molecule is CCC(C)[C@H](NCC(N)CS)C(=O)N[C@H](CN[C@@H](CCSC)C(=O)O)Cc1ccccc1. The zero-order valence-electron chi connectivity index (χ0n) is 19.4. The molecule has 9 heteroatoms. The number of rotatable bonds is 17. The van der Waals surface area contributed by atoms with Gasteiger partial charge in [0.25, 0.3) is 0 Å². The average molecular weight is 485 g/mol. The van der Waals surface area contributed by atoms with E-state index in [-0.39, 0.29) is 30.0 Å². The summed E-state index contributed by atoms with van der Waals surface area (Å²) >= 11 is 5.84. The summed E-state index contributed by atoms with van der Waals surface area (Å²) in [4.78, 5) is 24.8. The Morgan fingerprint density at radius 3 is 2.44 bits per heavy atom. The fraction of sp³-hybridized carbons (Fsp3) is 0.652. The van der Waals surface area contributed by atoms with Gasteiger partial charge in [-0.2, -0.15) is 24.4 Å². The van der Waals surface area contributed by atoms with Gasteiger partial charge in [0.05, 0.1) is 6.04 Å². The monoisotopic (exact) mass is 484 g/mol. The van der Waals surface area contributed by atoms with Crippen LogP contribution in [0.25, 0.3) is 0 Å². The normalized spacial score (nSPS) is 16.0. The Morgan fingerprint density at radius 1 is 1.19 bits per heavy atom. The Labute approximate surface area is 202 Å². The van der Waals surface area contributed by atoms with Gasteiger partial charge in [-0.1, -0.05) is 50.6 Å². The molecule has 7 nitrogen and oxygen atoms in total. The van der Waals surface area contributed by atoms with Gasteiger partial charge in [-0.15, -0.1) is 0 Å². The summed E-state index contributed by atoms with van der Waals surface area (Å²) in [5.41, 5.74) is 7.06. The second kappa shape index (κ2) is 16.4. The van der Waals surface area contributed by atoms with Gasteiger partial charge < -0.3 is 26.8 Å². The molecule has 0 fully saturated rings. The third kappa shape index (κ3) is 11.0. The lowest BCUT2D eigenvalue weighted by Gasteiger charge is -2.28. The van der Waals surface area contributed by atoms with Crippen LogP contribution in [0.5, 0.6) is 0 Å². The maximum absolute atomic E-state index is 13.2. The van der Waals surface area contributed by atoms with Gasteiger partial charge in [0.2, 0.25) is 5.91 Å². The molecule has 2 unspecified atom stereocenters. The van der Waals surface area contributed by atoms with Crippen molar-refractivity contribution < 1.29 is 14.7 Å². The Morgan fingerprint density at radius 2 is 1.88 bits per heavy atom. The van der Waals surface area contributed by atoms with E-state index >= 15 is 0 Å². The summed E-state index contributed by atoms with van der Waals surface area (Å²) in [6, 6.07) is 8.50. The van der Waals surface area contributed by atoms with E-state index in [4.69, 9.17) is 5.73 Å². The van der Waals surface area contributed by atoms with Crippen LogP contribution < -0.4 is 21.7 Å². The molecule has 0 radical (unpaired) electrons. The molecule has 0 bridgehead atoms.